The summed E-state index contributed by atoms with van der Waals surface area (Å²) in [6, 6.07) is 14.7. The smallest absolute Gasteiger partial charge is 0.380 e. The Bertz CT molecular complexity index is 758. The third-order valence-corrected chi connectivity index (χ3v) is 3.80. The molecular weight excluding hydrogens is 290 g/mol. The molecule has 110 valence electrons. The highest BCUT2D eigenvalue weighted by Crippen LogP contribution is 2.38. The Labute approximate surface area is 123 Å². The van der Waals surface area contributed by atoms with Gasteiger partial charge >= 0.3 is 10.3 Å². The van der Waals surface area contributed by atoms with E-state index in [-0.39, 0.29) is 11.9 Å². The summed E-state index contributed by atoms with van der Waals surface area (Å²) in [5, 5.41) is 4.95. The molecule has 1 atom stereocenters. The van der Waals surface area contributed by atoms with E-state index in [4.69, 9.17) is 14.1 Å². The van der Waals surface area contributed by atoms with Gasteiger partial charge in [-0.05, 0) is 30.5 Å². The predicted molar refractivity (Wildman–Crippen MR) is 78.3 cm³/mol. The standard InChI is InChI=1S/C15H15NO4S/c16-21(17,18)20-15-8-4-2-6-12(15)14-10-9-11-5-1-3-7-13(11)19-14/h1-8,14H,9-10H2,(H2,16,17,18). The van der Waals surface area contributed by atoms with Crippen LogP contribution >= 0.6 is 0 Å². The third-order valence-electron chi connectivity index (χ3n) is 3.39. The van der Waals surface area contributed by atoms with E-state index >= 15 is 0 Å². The SMILES string of the molecule is NS(=O)(=O)Oc1ccccc1C1CCc2ccccc2O1. The van der Waals surface area contributed by atoms with Crippen LogP contribution in [0.4, 0.5) is 0 Å². The molecular formula is C15H15NO4S. The van der Waals surface area contributed by atoms with Crippen molar-refractivity contribution in [2.45, 2.75) is 18.9 Å². The van der Waals surface area contributed by atoms with Crippen molar-refractivity contribution in [1.82, 2.24) is 0 Å². The average molecular weight is 305 g/mol. The number of aryl methyl sites for hydroxylation is 1. The number of fused-ring (bicyclic) bond motifs is 1. The van der Waals surface area contributed by atoms with Crippen LogP contribution in [0.2, 0.25) is 0 Å². The Kier molecular flexibility index (Phi) is 3.57. The zero-order valence-corrected chi connectivity index (χ0v) is 12.0. The van der Waals surface area contributed by atoms with Crippen molar-refractivity contribution in [2.24, 2.45) is 5.14 Å². The number of para-hydroxylation sites is 2. The second kappa shape index (κ2) is 5.38. The first kappa shape index (κ1) is 13.9. The highest BCUT2D eigenvalue weighted by atomic mass is 32.2. The van der Waals surface area contributed by atoms with E-state index in [1.165, 1.54) is 0 Å². The molecule has 2 N–H and O–H groups in total. The largest absolute Gasteiger partial charge is 0.485 e. The van der Waals surface area contributed by atoms with Gasteiger partial charge in [0.2, 0.25) is 0 Å². The molecule has 21 heavy (non-hydrogen) atoms. The van der Waals surface area contributed by atoms with Gasteiger partial charge in [0.1, 0.15) is 11.9 Å². The second-order valence-electron chi connectivity index (χ2n) is 4.87. The van der Waals surface area contributed by atoms with E-state index < -0.39 is 10.3 Å². The molecule has 0 saturated heterocycles. The summed E-state index contributed by atoms with van der Waals surface area (Å²) in [4.78, 5) is 0. The van der Waals surface area contributed by atoms with E-state index in [0.29, 0.717) is 5.56 Å². The molecule has 2 aromatic rings. The predicted octanol–water partition coefficient (Wildman–Crippen LogP) is 2.34. The van der Waals surface area contributed by atoms with Crippen LogP contribution in [0.1, 0.15) is 23.7 Å². The number of hydrogen-bond donors (Lipinski definition) is 1. The molecule has 0 amide bonds. The Balaban J connectivity index is 1.92. The molecule has 1 unspecified atom stereocenters. The van der Waals surface area contributed by atoms with Gasteiger partial charge in [0.05, 0.1) is 0 Å². The highest BCUT2D eigenvalue weighted by Gasteiger charge is 2.24. The van der Waals surface area contributed by atoms with Gasteiger partial charge in [-0.2, -0.15) is 13.6 Å². The number of nitrogens with two attached hydrogens (primary N) is 1. The summed E-state index contributed by atoms with van der Waals surface area (Å²) < 4.78 is 33.1. The van der Waals surface area contributed by atoms with Crippen LogP contribution in [0.3, 0.4) is 0 Å². The van der Waals surface area contributed by atoms with E-state index in [0.717, 1.165) is 24.2 Å². The normalized spacial score (nSPS) is 17.7. The molecule has 1 aliphatic heterocycles. The van der Waals surface area contributed by atoms with Crippen LogP contribution in [0.25, 0.3) is 0 Å². The Morgan fingerprint density at radius 3 is 2.62 bits per heavy atom. The monoisotopic (exact) mass is 305 g/mol. The molecule has 0 aliphatic carbocycles. The van der Waals surface area contributed by atoms with Gasteiger partial charge in [0.25, 0.3) is 0 Å². The van der Waals surface area contributed by atoms with Crippen LogP contribution in [0, 0.1) is 0 Å². The number of benzene rings is 2. The maximum absolute atomic E-state index is 11.1. The van der Waals surface area contributed by atoms with Crippen LogP contribution in [-0.4, -0.2) is 8.42 Å². The highest BCUT2D eigenvalue weighted by molar-refractivity contribution is 7.84. The van der Waals surface area contributed by atoms with Crippen LogP contribution in [0.15, 0.2) is 48.5 Å². The Hall–Kier alpha value is -2.05. The molecule has 1 heterocycles. The minimum Gasteiger partial charge on any atom is -0.485 e. The summed E-state index contributed by atoms with van der Waals surface area (Å²) in [5.74, 6) is 1.03. The summed E-state index contributed by atoms with van der Waals surface area (Å²) >= 11 is 0. The fourth-order valence-corrected chi connectivity index (χ4v) is 2.89. The van der Waals surface area contributed by atoms with Gasteiger partial charge in [-0.3, -0.25) is 0 Å². The summed E-state index contributed by atoms with van der Waals surface area (Å²) in [6.45, 7) is 0. The molecule has 0 saturated carbocycles. The Morgan fingerprint density at radius 1 is 1.10 bits per heavy atom. The maximum atomic E-state index is 11.1. The number of hydrogen-bond acceptors (Lipinski definition) is 4. The van der Waals surface area contributed by atoms with E-state index in [1.807, 2.05) is 30.3 Å². The van der Waals surface area contributed by atoms with Gasteiger partial charge in [0, 0.05) is 5.56 Å². The fourth-order valence-electron chi connectivity index (χ4n) is 2.49. The average Bonchev–Trinajstić information content (AvgIpc) is 2.46. The first-order valence-corrected chi connectivity index (χ1v) is 8.06. The van der Waals surface area contributed by atoms with Crippen molar-refractivity contribution >= 4 is 10.3 Å². The van der Waals surface area contributed by atoms with Gasteiger partial charge < -0.3 is 8.92 Å². The molecule has 5 nitrogen and oxygen atoms in total. The van der Waals surface area contributed by atoms with Gasteiger partial charge in [-0.15, -0.1) is 0 Å². The van der Waals surface area contributed by atoms with Crippen molar-refractivity contribution in [2.75, 3.05) is 0 Å². The van der Waals surface area contributed by atoms with E-state index in [9.17, 15) is 8.42 Å². The quantitative estimate of drug-likeness (QED) is 0.944. The topological polar surface area (TPSA) is 78.6 Å². The lowest BCUT2D eigenvalue weighted by molar-refractivity contribution is 0.174. The van der Waals surface area contributed by atoms with Crippen molar-refractivity contribution in [1.29, 1.82) is 0 Å². The van der Waals surface area contributed by atoms with Gasteiger partial charge in [-0.1, -0.05) is 36.4 Å². The Morgan fingerprint density at radius 2 is 1.81 bits per heavy atom. The molecule has 3 rings (SSSR count). The van der Waals surface area contributed by atoms with Crippen LogP contribution < -0.4 is 14.1 Å². The molecule has 0 spiro atoms. The number of ether oxygens (including phenoxy) is 1. The first-order valence-electron chi connectivity index (χ1n) is 6.58. The van der Waals surface area contributed by atoms with E-state index in [1.54, 1.807) is 18.2 Å². The zero-order chi connectivity index (χ0) is 14.9. The lowest BCUT2D eigenvalue weighted by atomic mass is 9.97. The molecule has 1 aliphatic rings. The van der Waals surface area contributed by atoms with Gasteiger partial charge in [0.15, 0.2) is 5.75 Å². The summed E-state index contributed by atoms with van der Waals surface area (Å²) in [6.07, 6.45) is 1.37. The maximum Gasteiger partial charge on any atom is 0.380 e. The molecule has 0 aromatic heterocycles. The van der Waals surface area contributed by atoms with Crippen LogP contribution in [0.5, 0.6) is 11.5 Å². The molecule has 0 radical (unpaired) electrons. The van der Waals surface area contributed by atoms with Crippen molar-refractivity contribution < 1.29 is 17.3 Å². The van der Waals surface area contributed by atoms with Gasteiger partial charge in [-0.25, -0.2) is 0 Å². The third kappa shape index (κ3) is 3.17. The minimum atomic E-state index is -4.05. The lowest BCUT2D eigenvalue weighted by Gasteiger charge is -2.27. The molecule has 6 heteroatoms. The zero-order valence-electron chi connectivity index (χ0n) is 11.2. The summed E-state index contributed by atoms with van der Waals surface area (Å²) in [7, 11) is -4.05. The molecule has 2 aromatic carbocycles. The lowest BCUT2D eigenvalue weighted by Crippen LogP contribution is -2.21. The molecule has 0 fully saturated rings. The minimum absolute atomic E-state index is 0.212. The van der Waals surface area contributed by atoms with Crippen LogP contribution in [-0.2, 0) is 16.7 Å². The van der Waals surface area contributed by atoms with Crippen molar-refractivity contribution in [3.63, 3.8) is 0 Å². The van der Waals surface area contributed by atoms with Crippen molar-refractivity contribution in [3.05, 3.63) is 59.7 Å². The van der Waals surface area contributed by atoms with E-state index in [2.05, 4.69) is 0 Å². The molecule has 0 bridgehead atoms. The second-order valence-corrected chi connectivity index (χ2v) is 6.02. The number of rotatable bonds is 3. The fraction of sp³-hybridized carbons (Fsp3) is 0.200. The first-order chi connectivity index (χ1) is 10.0. The van der Waals surface area contributed by atoms with Crippen molar-refractivity contribution in [3.8, 4) is 11.5 Å². The summed E-state index contributed by atoms with van der Waals surface area (Å²) in [5.41, 5.74) is 1.83.